The number of halogens is 1. The number of piperidine rings is 1. The third kappa shape index (κ3) is 3.72. The minimum Gasteiger partial charge on any atom is -0.379 e. The summed E-state index contributed by atoms with van der Waals surface area (Å²) in [5.41, 5.74) is 0.281. The number of nitrogens with zero attached hydrogens (tertiary/aromatic N) is 3. The highest BCUT2D eigenvalue weighted by molar-refractivity contribution is 7.89. The molecule has 24 heavy (non-hydrogen) atoms. The van der Waals surface area contributed by atoms with E-state index in [0.717, 1.165) is 0 Å². The summed E-state index contributed by atoms with van der Waals surface area (Å²) < 4.78 is 32.3. The molecule has 0 bridgehead atoms. The molecule has 1 amide bonds. The van der Waals surface area contributed by atoms with Gasteiger partial charge < -0.3 is 9.64 Å². The Labute approximate surface area is 146 Å². The standard InChI is InChI=1S/C15H20ClN3O4S/c16-12-3-4-14(17-10-12)15(20)18-5-1-2-13(11-18)24(21,22)19-6-8-23-9-7-19/h3-4,10,13H,1-2,5-9,11H2. The van der Waals surface area contributed by atoms with Crippen molar-refractivity contribution < 1.29 is 17.9 Å². The summed E-state index contributed by atoms with van der Waals surface area (Å²) in [5, 5.41) is -0.112. The fraction of sp³-hybridized carbons (Fsp3) is 0.600. The topological polar surface area (TPSA) is 79.8 Å². The average molecular weight is 374 g/mol. The van der Waals surface area contributed by atoms with Crippen LogP contribution in [0, 0.1) is 0 Å². The van der Waals surface area contributed by atoms with Gasteiger partial charge in [-0.3, -0.25) is 4.79 Å². The Bertz CT molecular complexity index is 689. The monoisotopic (exact) mass is 373 g/mol. The Hall–Kier alpha value is -1.22. The highest BCUT2D eigenvalue weighted by Crippen LogP contribution is 2.22. The molecule has 3 rings (SSSR count). The van der Waals surface area contributed by atoms with Crippen molar-refractivity contribution >= 4 is 27.5 Å². The van der Waals surface area contributed by atoms with Crippen LogP contribution in [0.4, 0.5) is 0 Å². The molecular weight excluding hydrogens is 354 g/mol. The number of aromatic nitrogens is 1. The molecule has 0 radical (unpaired) electrons. The zero-order valence-electron chi connectivity index (χ0n) is 13.2. The molecule has 1 unspecified atom stereocenters. The van der Waals surface area contributed by atoms with Crippen molar-refractivity contribution in [2.45, 2.75) is 18.1 Å². The maximum atomic E-state index is 12.8. The van der Waals surface area contributed by atoms with Crippen LogP contribution in [0.1, 0.15) is 23.3 Å². The van der Waals surface area contributed by atoms with E-state index in [1.54, 1.807) is 17.0 Å². The number of amides is 1. The number of hydrogen-bond acceptors (Lipinski definition) is 5. The van der Waals surface area contributed by atoms with E-state index in [9.17, 15) is 13.2 Å². The van der Waals surface area contributed by atoms with Gasteiger partial charge in [-0.2, -0.15) is 4.31 Å². The number of sulfonamides is 1. The minimum atomic E-state index is -3.42. The summed E-state index contributed by atoms with van der Waals surface area (Å²) in [6, 6.07) is 3.17. The molecule has 0 aliphatic carbocycles. The maximum Gasteiger partial charge on any atom is 0.272 e. The van der Waals surface area contributed by atoms with Crippen LogP contribution in [-0.4, -0.2) is 73.2 Å². The van der Waals surface area contributed by atoms with Gasteiger partial charge in [-0.1, -0.05) is 11.6 Å². The van der Waals surface area contributed by atoms with E-state index >= 15 is 0 Å². The third-order valence-corrected chi connectivity index (χ3v) is 6.90. The van der Waals surface area contributed by atoms with Crippen LogP contribution in [0.5, 0.6) is 0 Å². The third-order valence-electron chi connectivity index (χ3n) is 4.36. The van der Waals surface area contributed by atoms with Gasteiger partial charge in [0.25, 0.3) is 5.91 Å². The van der Waals surface area contributed by atoms with Crippen molar-refractivity contribution in [2.75, 3.05) is 39.4 Å². The molecule has 1 atom stereocenters. The summed E-state index contributed by atoms with van der Waals surface area (Å²) in [6.07, 6.45) is 2.64. The lowest BCUT2D eigenvalue weighted by Gasteiger charge is -2.36. The number of ether oxygens (including phenoxy) is 1. The summed E-state index contributed by atoms with van der Waals surface area (Å²) in [6.45, 7) is 2.34. The normalized spacial score (nSPS) is 23.2. The van der Waals surface area contributed by atoms with Crippen LogP contribution in [0.3, 0.4) is 0 Å². The van der Waals surface area contributed by atoms with Crippen LogP contribution in [-0.2, 0) is 14.8 Å². The Morgan fingerprint density at radius 3 is 2.67 bits per heavy atom. The van der Waals surface area contributed by atoms with Crippen molar-refractivity contribution in [3.63, 3.8) is 0 Å². The number of carbonyl (C=O) groups excluding carboxylic acids is 1. The molecule has 2 aliphatic rings. The Kier molecular flexibility index (Phi) is 5.39. The SMILES string of the molecule is O=C(c1ccc(Cl)cn1)N1CCCC(S(=O)(=O)N2CCOCC2)C1. The van der Waals surface area contributed by atoms with Crippen LogP contribution in [0.25, 0.3) is 0 Å². The second-order valence-electron chi connectivity index (χ2n) is 5.93. The number of likely N-dealkylation sites (tertiary alicyclic amines) is 1. The lowest BCUT2D eigenvalue weighted by Crippen LogP contribution is -2.51. The molecule has 2 aliphatic heterocycles. The van der Waals surface area contributed by atoms with Gasteiger partial charge in [-0.15, -0.1) is 0 Å². The number of carbonyl (C=O) groups is 1. The highest BCUT2D eigenvalue weighted by Gasteiger charge is 2.37. The second-order valence-corrected chi connectivity index (χ2v) is 8.58. The molecule has 3 heterocycles. The van der Waals surface area contributed by atoms with E-state index in [4.69, 9.17) is 16.3 Å². The zero-order chi connectivity index (χ0) is 17.2. The van der Waals surface area contributed by atoms with Gasteiger partial charge in [0.1, 0.15) is 5.69 Å². The first-order valence-electron chi connectivity index (χ1n) is 7.96. The van der Waals surface area contributed by atoms with Crippen molar-refractivity contribution in [1.82, 2.24) is 14.2 Å². The van der Waals surface area contributed by atoms with Gasteiger partial charge >= 0.3 is 0 Å². The van der Waals surface area contributed by atoms with Gasteiger partial charge in [-0.05, 0) is 25.0 Å². The fourth-order valence-electron chi connectivity index (χ4n) is 3.04. The molecule has 1 aromatic heterocycles. The second kappa shape index (κ2) is 7.35. The van der Waals surface area contributed by atoms with Crippen molar-refractivity contribution in [1.29, 1.82) is 0 Å². The summed E-state index contributed by atoms with van der Waals surface area (Å²) >= 11 is 5.79. The molecule has 2 saturated heterocycles. The molecule has 0 N–H and O–H groups in total. The summed E-state index contributed by atoms with van der Waals surface area (Å²) in [5.74, 6) is -0.256. The minimum absolute atomic E-state index is 0.197. The lowest BCUT2D eigenvalue weighted by molar-refractivity contribution is 0.0683. The van der Waals surface area contributed by atoms with Crippen LogP contribution >= 0.6 is 11.6 Å². The predicted octanol–water partition coefficient (Wildman–Crippen LogP) is 1.00. The summed E-state index contributed by atoms with van der Waals surface area (Å²) in [4.78, 5) is 18.2. The van der Waals surface area contributed by atoms with Gasteiger partial charge in [0.15, 0.2) is 0 Å². The van der Waals surface area contributed by atoms with Gasteiger partial charge in [-0.25, -0.2) is 13.4 Å². The first kappa shape index (κ1) is 17.6. The van der Waals surface area contributed by atoms with E-state index in [2.05, 4.69) is 4.98 Å². The van der Waals surface area contributed by atoms with E-state index in [-0.39, 0.29) is 18.1 Å². The Balaban J connectivity index is 1.71. The molecule has 0 aromatic carbocycles. The van der Waals surface area contributed by atoms with Crippen LogP contribution < -0.4 is 0 Å². The molecule has 2 fully saturated rings. The molecule has 9 heteroatoms. The highest BCUT2D eigenvalue weighted by atomic mass is 35.5. The van der Waals surface area contributed by atoms with Crippen LogP contribution in [0.2, 0.25) is 5.02 Å². The smallest absolute Gasteiger partial charge is 0.272 e. The first-order valence-corrected chi connectivity index (χ1v) is 9.84. The van der Waals surface area contributed by atoms with Crippen molar-refractivity contribution in [3.8, 4) is 0 Å². The number of morpholine rings is 1. The van der Waals surface area contributed by atoms with Crippen molar-refractivity contribution in [2.24, 2.45) is 0 Å². The molecule has 0 saturated carbocycles. The largest absolute Gasteiger partial charge is 0.379 e. The van der Waals surface area contributed by atoms with Gasteiger partial charge in [0.2, 0.25) is 10.0 Å². The summed E-state index contributed by atoms with van der Waals surface area (Å²) in [7, 11) is -3.42. The average Bonchev–Trinajstić information content (AvgIpc) is 2.62. The van der Waals surface area contributed by atoms with Crippen molar-refractivity contribution in [3.05, 3.63) is 29.0 Å². The molecule has 7 nitrogen and oxygen atoms in total. The molecule has 0 spiro atoms. The van der Waals surface area contributed by atoms with E-state index in [0.29, 0.717) is 50.7 Å². The Morgan fingerprint density at radius 2 is 2.00 bits per heavy atom. The first-order chi connectivity index (χ1) is 11.5. The predicted molar refractivity (Wildman–Crippen MR) is 89.5 cm³/mol. The number of rotatable bonds is 3. The van der Waals surface area contributed by atoms with E-state index in [1.165, 1.54) is 10.5 Å². The fourth-order valence-corrected chi connectivity index (χ4v) is 5.07. The van der Waals surface area contributed by atoms with Crippen LogP contribution in [0.15, 0.2) is 18.3 Å². The lowest BCUT2D eigenvalue weighted by atomic mass is 10.1. The quantitative estimate of drug-likeness (QED) is 0.789. The maximum absolute atomic E-state index is 12.8. The molecule has 1 aromatic rings. The van der Waals surface area contributed by atoms with Gasteiger partial charge in [0, 0.05) is 32.4 Å². The Morgan fingerprint density at radius 1 is 1.25 bits per heavy atom. The van der Waals surface area contributed by atoms with E-state index in [1.807, 2.05) is 0 Å². The molecular formula is C15H20ClN3O4S. The zero-order valence-corrected chi connectivity index (χ0v) is 14.8. The van der Waals surface area contributed by atoms with E-state index < -0.39 is 15.3 Å². The molecule has 132 valence electrons. The number of pyridine rings is 1. The number of hydrogen-bond donors (Lipinski definition) is 0. The van der Waals surface area contributed by atoms with Gasteiger partial charge in [0.05, 0.1) is 23.5 Å².